The molecular formula is C18H20FN5S. The molecule has 1 aliphatic rings. The zero-order valence-corrected chi connectivity index (χ0v) is 14.9. The number of nitrogens with two attached hydrogens (primary N) is 1. The number of hydrogen-bond donors (Lipinski definition) is 2. The van der Waals surface area contributed by atoms with E-state index in [9.17, 15) is 4.39 Å². The van der Waals surface area contributed by atoms with E-state index in [1.54, 1.807) is 23.6 Å². The van der Waals surface area contributed by atoms with E-state index in [4.69, 9.17) is 5.73 Å². The van der Waals surface area contributed by atoms with Gasteiger partial charge < -0.3 is 11.1 Å². The molecule has 0 fully saturated rings. The van der Waals surface area contributed by atoms with Crippen LogP contribution < -0.4 is 11.1 Å². The Balaban J connectivity index is 1.90. The predicted molar refractivity (Wildman–Crippen MR) is 99.4 cm³/mol. The lowest BCUT2D eigenvalue weighted by Gasteiger charge is -2.14. The molecule has 25 heavy (non-hydrogen) atoms. The fourth-order valence-corrected chi connectivity index (χ4v) is 4.48. The Morgan fingerprint density at radius 2 is 2.16 bits per heavy atom. The third-order valence-corrected chi connectivity index (χ3v) is 5.61. The van der Waals surface area contributed by atoms with E-state index < -0.39 is 5.82 Å². The van der Waals surface area contributed by atoms with Crippen LogP contribution in [0, 0.1) is 5.82 Å². The van der Waals surface area contributed by atoms with Crippen molar-refractivity contribution in [2.24, 2.45) is 5.73 Å². The molecule has 0 saturated heterocycles. The number of thiophene rings is 1. The molecule has 0 spiro atoms. The van der Waals surface area contributed by atoms with Crippen molar-refractivity contribution < 1.29 is 4.39 Å². The number of fused-ring (bicyclic) bond motifs is 3. The van der Waals surface area contributed by atoms with Gasteiger partial charge in [-0.2, -0.15) is 0 Å². The van der Waals surface area contributed by atoms with Gasteiger partial charge in [0.2, 0.25) is 0 Å². The van der Waals surface area contributed by atoms with Crippen molar-refractivity contribution in [3.8, 4) is 11.4 Å². The first-order valence-corrected chi connectivity index (χ1v) is 9.36. The van der Waals surface area contributed by atoms with E-state index in [1.165, 1.54) is 29.5 Å². The quantitative estimate of drug-likeness (QED) is 0.747. The highest BCUT2D eigenvalue weighted by Gasteiger charge is 2.22. The van der Waals surface area contributed by atoms with Crippen LogP contribution in [0.5, 0.6) is 0 Å². The number of nitrogens with zero attached hydrogens (tertiary/aromatic N) is 3. The summed E-state index contributed by atoms with van der Waals surface area (Å²) in [5, 5.41) is 4.43. The second-order valence-electron chi connectivity index (χ2n) is 6.50. The van der Waals surface area contributed by atoms with Crippen molar-refractivity contribution >= 4 is 27.4 Å². The Kier molecular flexibility index (Phi) is 4.35. The number of pyridine rings is 1. The van der Waals surface area contributed by atoms with Crippen LogP contribution in [0.4, 0.5) is 10.2 Å². The van der Waals surface area contributed by atoms with Crippen molar-refractivity contribution in [3.05, 3.63) is 34.7 Å². The van der Waals surface area contributed by atoms with Gasteiger partial charge in [0, 0.05) is 23.7 Å². The molecule has 130 valence electrons. The van der Waals surface area contributed by atoms with E-state index in [0.29, 0.717) is 17.9 Å². The SMILES string of the molecule is C[C@H](N)CNc1nc(-c2ccncc2F)nc2sc3c(c12)CCCC3. The smallest absolute Gasteiger partial charge is 0.166 e. The fraction of sp³-hybridized carbons (Fsp3) is 0.389. The van der Waals surface area contributed by atoms with Gasteiger partial charge in [0.15, 0.2) is 11.6 Å². The number of aromatic nitrogens is 3. The zero-order chi connectivity index (χ0) is 17.4. The van der Waals surface area contributed by atoms with Gasteiger partial charge in [0.05, 0.1) is 17.1 Å². The molecule has 1 aliphatic carbocycles. The number of nitrogens with one attached hydrogen (secondary N) is 1. The number of anilines is 1. The standard InChI is InChI=1S/C18H20FN5S/c1-10(20)8-22-17-15-12-4-2-3-5-14(12)25-18(15)24-16(23-17)11-6-7-21-9-13(11)19/h6-7,9-10H,2-5,8,20H2,1H3,(H,22,23,24)/t10-/m0/s1. The van der Waals surface area contributed by atoms with Crippen LogP contribution in [0.15, 0.2) is 18.5 Å². The van der Waals surface area contributed by atoms with Gasteiger partial charge in [-0.25, -0.2) is 14.4 Å². The van der Waals surface area contributed by atoms with Crippen LogP contribution in [0.2, 0.25) is 0 Å². The van der Waals surface area contributed by atoms with Crippen molar-refractivity contribution in [2.75, 3.05) is 11.9 Å². The minimum absolute atomic E-state index is 0.000545. The normalized spacial score (nSPS) is 15.2. The minimum atomic E-state index is -0.415. The Hall–Kier alpha value is -2.12. The molecule has 0 aromatic carbocycles. The molecule has 0 radical (unpaired) electrons. The second kappa shape index (κ2) is 6.65. The van der Waals surface area contributed by atoms with Gasteiger partial charge in [-0.1, -0.05) is 0 Å². The summed E-state index contributed by atoms with van der Waals surface area (Å²) in [7, 11) is 0. The first kappa shape index (κ1) is 16.4. The monoisotopic (exact) mass is 357 g/mol. The Morgan fingerprint density at radius 1 is 1.32 bits per heavy atom. The van der Waals surface area contributed by atoms with E-state index in [0.717, 1.165) is 28.9 Å². The molecule has 0 bridgehead atoms. The maximum Gasteiger partial charge on any atom is 0.166 e. The van der Waals surface area contributed by atoms with Gasteiger partial charge >= 0.3 is 0 Å². The Bertz CT molecular complexity index is 921. The van der Waals surface area contributed by atoms with Crippen LogP contribution in [0.3, 0.4) is 0 Å². The van der Waals surface area contributed by atoms with Crippen molar-refractivity contribution in [3.63, 3.8) is 0 Å². The molecule has 5 nitrogen and oxygen atoms in total. The molecule has 0 aliphatic heterocycles. The maximum absolute atomic E-state index is 14.2. The van der Waals surface area contributed by atoms with Gasteiger partial charge in [-0.05, 0) is 44.2 Å². The molecule has 0 unspecified atom stereocenters. The van der Waals surface area contributed by atoms with E-state index in [2.05, 4.69) is 20.3 Å². The van der Waals surface area contributed by atoms with Gasteiger partial charge in [-0.15, -0.1) is 11.3 Å². The van der Waals surface area contributed by atoms with Crippen molar-refractivity contribution in [1.29, 1.82) is 0 Å². The van der Waals surface area contributed by atoms with Gasteiger partial charge in [0.25, 0.3) is 0 Å². The summed E-state index contributed by atoms with van der Waals surface area (Å²) in [6.45, 7) is 2.55. The molecule has 1 atom stereocenters. The average Bonchev–Trinajstić information content (AvgIpc) is 2.98. The van der Waals surface area contributed by atoms with Crippen molar-refractivity contribution in [1.82, 2.24) is 15.0 Å². The Labute approximate surface area is 149 Å². The third kappa shape index (κ3) is 3.09. The average molecular weight is 357 g/mol. The first-order chi connectivity index (χ1) is 12.1. The summed E-state index contributed by atoms with van der Waals surface area (Å²) in [4.78, 5) is 15.4. The minimum Gasteiger partial charge on any atom is -0.368 e. The number of aryl methyl sites for hydroxylation is 2. The molecule has 4 rings (SSSR count). The summed E-state index contributed by atoms with van der Waals surface area (Å²) in [5.74, 6) is 0.729. The molecule has 0 saturated carbocycles. The molecule has 3 aromatic rings. The summed E-state index contributed by atoms with van der Waals surface area (Å²) < 4.78 is 14.2. The van der Waals surface area contributed by atoms with Crippen LogP contribution >= 0.6 is 11.3 Å². The number of halogens is 1. The second-order valence-corrected chi connectivity index (χ2v) is 7.58. The maximum atomic E-state index is 14.2. The summed E-state index contributed by atoms with van der Waals surface area (Å²) in [6.07, 6.45) is 7.28. The third-order valence-electron chi connectivity index (χ3n) is 4.42. The summed E-state index contributed by atoms with van der Waals surface area (Å²) >= 11 is 1.70. The largest absolute Gasteiger partial charge is 0.368 e. The van der Waals surface area contributed by atoms with Crippen molar-refractivity contribution in [2.45, 2.75) is 38.6 Å². The molecule has 0 amide bonds. The van der Waals surface area contributed by atoms with Crippen LogP contribution in [0.25, 0.3) is 21.6 Å². The number of hydrogen-bond acceptors (Lipinski definition) is 6. The topological polar surface area (TPSA) is 76.7 Å². The molecule has 3 heterocycles. The van der Waals surface area contributed by atoms with Gasteiger partial charge in [0.1, 0.15) is 10.6 Å². The summed E-state index contributed by atoms with van der Waals surface area (Å²) in [6, 6.07) is 1.61. The highest BCUT2D eigenvalue weighted by atomic mass is 32.1. The van der Waals surface area contributed by atoms with Crippen LogP contribution in [0.1, 0.15) is 30.2 Å². The lowest BCUT2D eigenvalue weighted by atomic mass is 9.97. The fourth-order valence-electron chi connectivity index (χ4n) is 3.22. The zero-order valence-electron chi connectivity index (χ0n) is 14.1. The molecule has 3 N–H and O–H groups in total. The van der Waals surface area contributed by atoms with E-state index >= 15 is 0 Å². The lowest BCUT2D eigenvalue weighted by molar-refractivity contribution is 0.623. The molecular weight excluding hydrogens is 337 g/mol. The molecule has 7 heteroatoms. The predicted octanol–water partition coefficient (Wildman–Crippen LogP) is 3.53. The highest BCUT2D eigenvalue weighted by Crippen LogP contribution is 2.39. The lowest BCUT2D eigenvalue weighted by Crippen LogP contribution is -2.25. The van der Waals surface area contributed by atoms with E-state index in [-0.39, 0.29) is 6.04 Å². The van der Waals surface area contributed by atoms with Gasteiger partial charge in [-0.3, -0.25) is 4.98 Å². The van der Waals surface area contributed by atoms with Crippen LogP contribution in [-0.2, 0) is 12.8 Å². The first-order valence-electron chi connectivity index (χ1n) is 8.55. The number of rotatable bonds is 4. The van der Waals surface area contributed by atoms with E-state index in [1.807, 2.05) is 6.92 Å². The molecule has 3 aromatic heterocycles. The summed E-state index contributed by atoms with van der Waals surface area (Å²) in [5.41, 5.74) is 7.61. The highest BCUT2D eigenvalue weighted by molar-refractivity contribution is 7.19. The Morgan fingerprint density at radius 3 is 2.96 bits per heavy atom. The van der Waals surface area contributed by atoms with Crippen LogP contribution in [-0.4, -0.2) is 27.5 Å².